The summed E-state index contributed by atoms with van der Waals surface area (Å²) in [6.07, 6.45) is 4.65. The van der Waals surface area contributed by atoms with Crippen LogP contribution in [0.5, 0.6) is 11.5 Å². The molecular weight excluding hydrogens is 709 g/mol. The molecule has 2 saturated heterocycles. The number of hydrazine groups is 1. The van der Waals surface area contributed by atoms with Gasteiger partial charge in [-0.1, -0.05) is 71.8 Å². The van der Waals surface area contributed by atoms with Gasteiger partial charge in [0.15, 0.2) is 0 Å². The van der Waals surface area contributed by atoms with Gasteiger partial charge < -0.3 is 10.2 Å². The topological polar surface area (TPSA) is 127 Å². The molecule has 2 heterocycles. The Labute approximate surface area is 316 Å². The third-order valence-electron chi connectivity index (χ3n) is 11.7. The van der Waals surface area contributed by atoms with Gasteiger partial charge in [0, 0.05) is 23.0 Å². The summed E-state index contributed by atoms with van der Waals surface area (Å²) < 4.78 is 13.9. The molecule has 54 heavy (non-hydrogen) atoms. The number of nitrogens with zero attached hydrogens (tertiary/aromatic N) is 2. The highest BCUT2D eigenvalue weighted by Crippen LogP contribution is 2.65. The number of anilines is 1. The molecule has 9 nitrogen and oxygen atoms in total. The minimum atomic E-state index is -1.61. The minimum absolute atomic E-state index is 0.0484. The predicted molar refractivity (Wildman–Crippen MR) is 200 cm³/mol. The molecule has 2 aliphatic heterocycles. The van der Waals surface area contributed by atoms with Gasteiger partial charge in [0.1, 0.15) is 17.3 Å². The summed E-state index contributed by atoms with van der Waals surface area (Å²) in [7, 11) is 0. The van der Waals surface area contributed by atoms with Crippen molar-refractivity contribution in [2.45, 2.75) is 37.0 Å². The highest BCUT2D eigenvalue weighted by molar-refractivity contribution is 6.30. The zero-order valence-corrected chi connectivity index (χ0v) is 29.9. The normalized spacial score (nSPS) is 26.0. The van der Waals surface area contributed by atoms with Crippen molar-refractivity contribution in [3.8, 4) is 11.5 Å². The fraction of sp³-hybridized carbons (Fsp3) is 0.256. The maximum Gasteiger partial charge on any atom is 0.260 e. The number of phenolic OH excluding ortho intramolecular Hbond substituents is 2. The van der Waals surface area contributed by atoms with Crippen molar-refractivity contribution in [1.29, 1.82) is 0 Å². The molecule has 8 rings (SSSR count). The molecule has 2 aliphatic carbocycles. The number of hydrogen-bond donors (Lipinski definition) is 3. The van der Waals surface area contributed by atoms with Crippen LogP contribution in [0.3, 0.4) is 0 Å². The number of aromatic hydroxyl groups is 2. The van der Waals surface area contributed by atoms with Gasteiger partial charge in [-0.3, -0.25) is 29.5 Å². The van der Waals surface area contributed by atoms with E-state index >= 15 is 4.79 Å². The highest BCUT2D eigenvalue weighted by Gasteiger charge is 2.70. The molecule has 0 spiro atoms. The summed E-state index contributed by atoms with van der Waals surface area (Å²) in [4.78, 5) is 59.9. The molecule has 3 fully saturated rings. The highest BCUT2D eigenvalue weighted by atomic mass is 35.5. The number of carbonyl (C=O) groups is 4. The van der Waals surface area contributed by atoms with Crippen LogP contribution < -0.4 is 5.43 Å². The molecule has 3 N–H and O–H groups in total. The summed E-state index contributed by atoms with van der Waals surface area (Å²) in [6, 6.07) is 24.0. The molecule has 4 aromatic rings. The summed E-state index contributed by atoms with van der Waals surface area (Å²) in [5.74, 6) is -6.19. The lowest BCUT2D eigenvalue weighted by molar-refractivity contribution is -0.141. The Hall–Kier alpha value is -5.74. The molecular formula is C43H37ClFN3O6. The van der Waals surface area contributed by atoms with Gasteiger partial charge in [0.2, 0.25) is 11.8 Å². The Morgan fingerprint density at radius 3 is 2.31 bits per heavy atom. The lowest BCUT2D eigenvalue weighted by Crippen LogP contribution is -2.53. The van der Waals surface area contributed by atoms with Crippen LogP contribution in [0.4, 0.5) is 10.1 Å². The number of nitrogens with one attached hydrogen (secondary N) is 1. The summed E-state index contributed by atoms with van der Waals surface area (Å²) in [6.45, 7) is 3.99. The largest absolute Gasteiger partial charge is 0.508 e. The van der Waals surface area contributed by atoms with Crippen LogP contribution >= 0.6 is 11.6 Å². The third-order valence-corrected chi connectivity index (χ3v) is 12.0. The lowest BCUT2D eigenvalue weighted by atomic mass is 9.49. The van der Waals surface area contributed by atoms with Gasteiger partial charge in [0.25, 0.3) is 11.8 Å². The minimum Gasteiger partial charge on any atom is -0.508 e. The first-order valence-electron chi connectivity index (χ1n) is 18.0. The van der Waals surface area contributed by atoms with Crippen LogP contribution in [0.2, 0.25) is 5.02 Å². The summed E-state index contributed by atoms with van der Waals surface area (Å²) in [5, 5.41) is 23.1. The Bertz CT molecular complexity index is 2220. The van der Waals surface area contributed by atoms with Crippen LogP contribution in [0.15, 0.2) is 115 Å². The predicted octanol–water partition coefficient (Wildman–Crippen LogP) is 6.85. The van der Waals surface area contributed by atoms with E-state index in [2.05, 4.69) is 12.0 Å². The van der Waals surface area contributed by atoms with Crippen molar-refractivity contribution in [3.05, 3.63) is 148 Å². The van der Waals surface area contributed by atoms with E-state index < -0.39 is 52.6 Å². The number of halogens is 2. The second-order valence-electron chi connectivity index (χ2n) is 14.5. The van der Waals surface area contributed by atoms with E-state index in [4.69, 9.17) is 11.6 Å². The number of imide groups is 2. The SMILES string of the molecule is C=CCc1cccc([C@H]2C3=CC[C@@H]4C(=O)N(CCc5ccc(O)cc5)C(=O)[C@@H]4[C@@H]3C[C@H]3C(=O)N(Nc4ccc(F)cc4)C(=O)[C@@]23c2ccc(Cl)cc2)c1O. The third kappa shape index (κ3) is 5.50. The Morgan fingerprint density at radius 1 is 0.889 bits per heavy atom. The van der Waals surface area contributed by atoms with E-state index in [1.165, 1.54) is 29.2 Å². The van der Waals surface area contributed by atoms with Gasteiger partial charge in [-0.05, 0) is 96.8 Å². The molecule has 4 amide bonds. The fourth-order valence-electron chi connectivity index (χ4n) is 9.35. The van der Waals surface area contributed by atoms with Crippen LogP contribution in [0, 0.1) is 29.5 Å². The summed E-state index contributed by atoms with van der Waals surface area (Å²) in [5.41, 5.74) is 4.69. The van der Waals surface area contributed by atoms with Crippen LogP contribution in [-0.2, 0) is 37.4 Å². The average molecular weight is 746 g/mol. The van der Waals surface area contributed by atoms with Crippen molar-refractivity contribution in [2.24, 2.45) is 23.7 Å². The molecule has 1 saturated carbocycles. The number of likely N-dealkylation sites (tertiary alicyclic amines) is 1. The molecule has 4 aromatic carbocycles. The molecule has 274 valence electrons. The first kappa shape index (κ1) is 35.3. The molecule has 11 heteroatoms. The van der Waals surface area contributed by atoms with Crippen molar-refractivity contribution < 1.29 is 33.8 Å². The van der Waals surface area contributed by atoms with Gasteiger partial charge in [0.05, 0.1) is 28.9 Å². The van der Waals surface area contributed by atoms with Crippen LogP contribution in [0.25, 0.3) is 0 Å². The number of benzene rings is 4. The van der Waals surface area contributed by atoms with Crippen LogP contribution in [-0.4, -0.2) is 50.3 Å². The van der Waals surface area contributed by atoms with Crippen LogP contribution in [0.1, 0.15) is 41.0 Å². The zero-order chi connectivity index (χ0) is 37.9. The monoisotopic (exact) mass is 745 g/mol. The zero-order valence-electron chi connectivity index (χ0n) is 29.1. The first-order valence-corrected chi connectivity index (χ1v) is 18.3. The van der Waals surface area contributed by atoms with Crippen molar-refractivity contribution in [2.75, 3.05) is 12.0 Å². The number of hydrogen-bond acceptors (Lipinski definition) is 7. The maximum atomic E-state index is 15.3. The standard InChI is InChI=1S/C43H37ClFN3O6/c1-2-4-25-5-3-6-33(38(25)50)37-31-19-20-32-36(41(53)47(39(32)51)22-21-24-7-17-30(49)18-8-24)34(31)23-35-40(52)48(46-29-15-13-28(45)14-16-29)42(54)43(35,37)26-9-11-27(44)12-10-26/h2-3,5-19,32,34-37,46,49-50H,1,4,20-23H2/t32-,34+,35-,36-,37+,43+/m0/s1. The second kappa shape index (κ2) is 13.6. The number of fused-ring (bicyclic) bond motifs is 4. The van der Waals surface area contributed by atoms with Gasteiger partial charge >= 0.3 is 0 Å². The summed E-state index contributed by atoms with van der Waals surface area (Å²) >= 11 is 6.37. The quantitative estimate of drug-likeness (QED) is 0.126. The Balaban J connectivity index is 1.28. The first-order chi connectivity index (χ1) is 26.0. The maximum absolute atomic E-state index is 15.3. The van der Waals surface area contributed by atoms with E-state index in [-0.39, 0.29) is 42.7 Å². The Kier molecular flexibility index (Phi) is 8.88. The average Bonchev–Trinajstić information content (AvgIpc) is 3.54. The number of phenols is 2. The molecule has 0 aromatic heterocycles. The Morgan fingerprint density at radius 2 is 1.61 bits per heavy atom. The second-order valence-corrected chi connectivity index (χ2v) is 14.9. The number of para-hydroxylation sites is 1. The number of carbonyl (C=O) groups excluding carboxylic acids is 4. The van der Waals surface area contributed by atoms with E-state index in [1.807, 2.05) is 6.08 Å². The van der Waals surface area contributed by atoms with Crippen molar-refractivity contribution >= 4 is 40.9 Å². The van der Waals surface area contributed by atoms with E-state index in [1.54, 1.807) is 72.8 Å². The molecule has 0 unspecified atom stereocenters. The van der Waals surface area contributed by atoms with Crippen molar-refractivity contribution in [1.82, 2.24) is 9.91 Å². The van der Waals surface area contributed by atoms with E-state index in [0.717, 1.165) is 10.6 Å². The lowest BCUT2D eigenvalue weighted by Gasteiger charge is -2.50. The van der Waals surface area contributed by atoms with Gasteiger partial charge in [-0.15, -0.1) is 6.58 Å². The van der Waals surface area contributed by atoms with Gasteiger partial charge in [-0.25, -0.2) is 4.39 Å². The number of amides is 4. The molecule has 0 radical (unpaired) electrons. The van der Waals surface area contributed by atoms with E-state index in [9.17, 15) is 29.0 Å². The smallest absolute Gasteiger partial charge is 0.260 e. The fourth-order valence-corrected chi connectivity index (χ4v) is 9.48. The van der Waals surface area contributed by atoms with Crippen molar-refractivity contribution in [3.63, 3.8) is 0 Å². The number of rotatable bonds is 9. The van der Waals surface area contributed by atoms with E-state index in [0.29, 0.717) is 45.8 Å². The molecule has 0 bridgehead atoms. The number of allylic oxidation sites excluding steroid dienone is 3. The van der Waals surface area contributed by atoms with Gasteiger partial charge in [-0.2, -0.15) is 5.01 Å². The molecule has 4 aliphatic rings. The molecule has 6 atom stereocenters.